The fourth-order valence-electron chi connectivity index (χ4n) is 1.58. The maximum atomic E-state index is 9.06. The lowest BCUT2D eigenvalue weighted by Crippen LogP contribution is -1.92. The molecule has 0 radical (unpaired) electrons. The first kappa shape index (κ1) is 13.4. The van der Waals surface area contributed by atoms with Gasteiger partial charge >= 0.3 is 0 Å². The van der Waals surface area contributed by atoms with E-state index in [4.69, 9.17) is 14.7 Å². The van der Waals surface area contributed by atoms with E-state index >= 15 is 0 Å². The van der Waals surface area contributed by atoms with Gasteiger partial charge in [0.2, 0.25) is 0 Å². The van der Waals surface area contributed by atoms with E-state index in [2.05, 4.69) is 22.0 Å². The average molecular weight is 318 g/mol. The molecule has 2 aromatic carbocycles. The Morgan fingerprint density at radius 3 is 2.42 bits per heavy atom. The lowest BCUT2D eigenvalue weighted by Gasteiger charge is -2.08. The van der Waals surface area contributed by atoms with Crippen molar-refractivity contribution in [2.45, 2.75) is 6.92 Å². The number of nitriles is 1. The van der Waals surface area contributed by atoms with Gasteiger partial charge in [0.25, 0.3) is 0 Å². The fourth-order valence-corrected chi connectivity index (χ4v) is 1.94. The smallest absolute Gasteiger partial charge is 0.145 e. The molecule has 19 heavy (non-hydrogen) atoms. The van der Waals surface area contributed by atoms with Crippen molar-refractivity contribution in [3.05, 3.63) is 52.5 Å². The minimum Gasteiger partial charge on any atom is -0.494 e. The van der Waals surface area contributed by atoms with Crippen LogP contribution in [0.5, 0.6) is 17.2 Å². The number of nitrogens with zero attached hydrogens (tertiary/aromatic N) is 1. The van der Waals surface area contributed by atoms with Crippen molar-refractivity contribution in [1.29, 1.82) is 5.26 Å². The summed E-state index contributed by atoms with van der Waals surface area (Å²) < 4.78 is 11.9. The zero-order valence-electron chi connectivity index (χ0n) is 10.4. The summed E-state index contributed by atoms with van der Waals surface area (Å²) in [4.78, 5) is 0. The van der Waals surface area contributed by atoms with Crippen molar-refractivity contribution >= 4 is 15.9 Å². The molecule has 0 fully saturated rings. The number of benzene rings is 2. The molecule has 0 saturated heterocycles. The summed E-state index contributed by atoms with van der Waals surface area (Å²) >= 11 is 3.33. The van der Waals surface area contributed by atoms with Crippen molar-refractivity contribution in [2.24, 2.45) is 0 Å². The molecule has 3 nitrogen and oxygen atoms in total. The molecule has 2 aromatic rings. The van der Waals surface area contributed by atoms with Crippen molar-refractivity contribution in [3.63, 3.8) is 0 Å². The first-order valence-corrected chi connectivity index (χ1v) is 6.62. The molecule has 0 heterocycles. The second-order valence-electron chi connectivity index (χ2n) is 3.76. The summed E-state index contributed by atoms with van der Waals surface area (Å²) in [7, 11) is 0. The molecule has 4 heteroatoms. The highest BCUT2D eigenvalue weighted by atomic mass is 79.9. The average Bonchev–Trinajstić information content (AvgIpc) is 2.43. The predicted molar refractivity (Wildman–Crippen MR) is 76.5 cm³/mol. The van der Waals surface area contributed by atoms with Crippen LogP contribution in [0.3, 0.4) is 0 Å². The Bertz CT molecular complexity index is 603. The molecule has 0 bridgehead atoms. The molecule has 0 aliphatic rings. The molecular weight excluding hydrogens is 306 g/mol. The molecule has 96 valence electrons. The van der Waals surface area contributed by atoms with E-state index < -0.39 is 0 Å². The second-order valence-corrected chi connectivity index (χ2v) is 4.67. The Morgan fingerprint density at radius 1 is 1.11 bits per heavy atom. The van der Waals surface area contributed by atoms with Gasteiger partial charge in [0.1, 0.15) is 23.3 Å². The lowest BCUT2D eigenvalue weighted by atomic mass is 10.2. The van der Waals surface area contributed by atoms with Gasteiger partial charge in [0.05, 0.1) is 12.2 Å². The molecule has 0 amide bonds. The summed E-state index contributed by atoms with van der Waals surface area (Å²) in [5, 5.41) is 9.06. The van der Waals surface area contributed by atoms with Gasteiger partial charge in [-0.2, -0.15) is 5.26 Å². The van der Waals surface area contributed by atoms with Crippen LogP contribution in [0.25, 0.3) is 0 Å². The summed E-state index contributed by atoms with van der Waals surface area (Å²) in [5.74, 6) is 2.00. The summed E-state index contributed by atoms with van der Waals surface area (Å²) in [5.41, 5.74) is 0.489. The van der Waals surface area contributed by atoms with E-state index in [-0.39, 0.29) is 0 Å². The standard InChI is InChI=1S/C15H12BrNO2/c1-2-18-13-4-6-14(7-5-13)19-15-8-3-12(16)9-11(15)10-17/h3-9H,2H2,1H3. The Labute approximate surface area is 120 Å². The lowest BCUT2D eigenvalue weighted by molar-refractivity contribution is 0.339. The van der Waals surface area contributed by atoms with Gasteiger partial charge < -0.3 is 9.47 Å². The van der Waals surface area contributed by atoms with E-state index in [0.29, 0.717) is 23.7 Å². The van der Waals surface area contributed by atoms with Crippen LogP contribution in [0.1, 0.15) is 12.5 Å². The largest absolute Gasteiger partial charge is 0.494 e. The first-order valence-electron chi connectivity index (χ1n) is 5.83. The van der Waals surface area contributed by atoms with E-state index in [1.807, 2.05) is 37.3 Å². The highest BCUT2D eigenvalue weighted by molar-refractivity contribution is 9.10. The highest BCUT2D eigenvalue weighted by Crippen LogP contribution is 2.28. The third kappa shape index (κ3) is 3.49. The van der Waals surface area contributed by atoms with Gasteiger partial charge in [-0.25, -0.2) is 0 Å². The minimum atomic E-state index is 0.489. The molecule has 2 rings (SSSR count). The predicted octanol–water partition coefficient (Wildman–Crippen LogP) is 4.51. The number of rotatable bonds is 4. The van der Waals surface area contributed by atoms with Gasteiger partial charge in [0.15, 0.2) is 0 Å². The normalized spacial score (nSPS) is 9.74. The van der Waals surface area contributed by atoms with Gasteiger partial charge in [-0.3, -0.25) is 0 Å². The van der Waals surface area contributed by atoms with Crippen LogP contribution in [0.2, 0.25) is 0 Å². The highest BCUT2D eigenvalue weighted by Gasteiger charge is 2.05. The second kappa shape index (κ2) is 6.26. The molecule has 0 aliphatic carbocycles. The number of halogens is 1. The number of hydrogen-bond donors (Lipinski definition) is 0. The molecule has 0 aliphatic heterocycles. The van der Waals surface area contributed by atoms with Gasteiger partial charge in [-0.05, 0) is 49.4 Å². The molecule has 0 saturated carbocycles. The molecular formula is C15H12BrNO2. The Hall–Kier alpha value is -1.99. The molecule has 0 aromatic heterocycles. The number of hydrogen-bond acceptors (Lipinski definition) is 3. The van der Waals surface area contributed by atoms with E-state index in [9.17, 15) is 0 Å². The van der Waals surface area contributed by atoms with Gasteiger partial charge in [-0.15, -0.1) is 0 Å². The van der Waals surface area contributed by atoms with Crippen molar-refractivity contribution < 1.29 is 9.47 Å². The Kier molecular flexibility index (Phi) is 4.43. The van der Waals surface area contributed by atoms with Gasteiger partial charge in [-0.1, -0.05) is 15.9 Å². The van der Waals surface area contributed by atoms with Gasteiger partial charge in [0, 0.05) is 4.47 Å². The quantitative estimate of drug-likeness (QED) is 0.833. The topological polar surface area (TPSA) is 42.2 Å². The van der Waals surface area contributed by atoms with Crippen LogP contribution in [-0.2, 0) is 0 Å². The zero-order chi connectivity index (χ0) is 13.7. The Balaban J connectivity index is 2.19. The van der Waals surface area contributed by atoms with Crippen molar-refractivity contribution in [1.82, 2.24) is 0 Å². The third-order valence-electron chi connectivity index (χ3n) is 2.42. The maximum absolute atomic E-state index is 9.06. The van der Waals surface area contributed by atoms with Crippen LogP contribution in [0, 0.1) is 11.3 Å². The number of ether oxygens (including phenoxy) is 2. The fraction of sp³-hybridized carbons (Fsp3) is 0.133. The SMILES string of the molecule is CCOc1ccc(Oc2ccc(Br)cc2C#N)cc1. The van der Waals surface area contributed by atoms with E-state index in [1.54, 1.807) is 12.1 Å². The van der Waals surface area contributed by atoms with Crippen LogP contribution >= 0.6 is 15.9 Å². The molecule has 0 unspecified atom stereocenters. The molecule has 0 N–H and O–H groups in total. The molecule has 0 atom stereocenters. The van der Waals surface area contributed by atoms with Crippen LogP contribution < -0.4 is 9.47 Å². The monoisotopic (exact) mass is 317 g/mol. The summed E-state index contributed by atoms with van der Waals surface area (Å²) in [6.45, 7) is 2.57. The zero-order valence-corrected chi connectivity index (χ0v) is 12.0. The first-order chi connectivity index (χ1) is 9.22. The van der Waals surface area contributed by atoms with Crippen molar-refractivity contribution in [2.75, 3.05) is 6.61 Å². The summed E-state index contributed by atoms with van der Waals surface area (Å²) in [6.07, 6.45) is 0. The van der Waals surface area contributed by atoms with Crippen LogP contribution in [0.15, 0.2) is 46.9 Å². The van der Waals surface area contributed by atoms with Crippen LogP contribution in [-0.4, -0.2) is 6.61 Å². The summed E-state index contributed by atoms with van der Waals surface area (Å²) in [6, 6.07) is 14.7. The maximum Gasteiger partial charge on any atom is 0.145 e. The minimum absolute atomic E-state index is 0.489. The van der Waals surface area contributed by atoms with E-state index in [0.717, 1.165) is 10.2 Å². The van der Waals surface area contributed by atoms with E-state index in [1.165, 1.54) is 0 Å². The van der Waals surface area contributed by atoms with Crippen molar-refractivity contribution in [3.8, 4) is 23.3 Å². The van der Waals surface area contributed by atoms with Crippen LogP contribution in [0.4, 0.5) is 0 Å². The molecule has 0 spiro atoms. The third-order valence-corrected chi connectivity index (χ3v) is 2.92. The Morgan fingerprint density at radius 2 is 1.79 bits per heavy atom.